The smallest absolute Gasteiger partial charge is 0.267 e. The summed E-state index contributed by atoms with van der Waals surface area (Å²) in [5.41, 5.74) is 0.958. The minimum absolute atomic E-state index is 0.371. The van der Waals surface area contributed by atoms with Crippen LogP contribution in [0.4, 0.5) is 0 Å². The molecule has 2 rings (SSSR count). The van der Waals surface area contributed by atoms with Crippen LogP contribution < -0.4 is 4.72 Å². The van der Waals surface area contributed by atoms with Gasteiger partial charge in [0.15, 0.2) is 0 Å². The van der Waals surface area contributed by atoms with E-state index in [9.17, 15) is 13.2 Å². The molecule has 2 aromatic rings. The van der Waals surface area contributed by atoms with E-state index in [1.807, 2.05) is 10.8 Å². The van der Waals surface area contributed by atoms with Crippen LogP contribution in [0, 0.1) is 0 Å². The van der Waals surface area contributed by atoms with Gasteiger partial charge in [0, 0.05) is 10.6 Å². The Labute approximate surface area is 146 Å². The fraction of sp³-hybridized carbons (Fsp3) is 0.154. The van der Waals surface area contributed by atoms with Crippen LogP contribution in [0.1, 0.15) is 15.2 Å². The molecule has 0 saturated carbocycles. The molecule has 0 saturated heterocycles. The molecule has 1 heterocycles. The molecule has 0 aliphatic carbocycles. The second-order valence-electron chi connectivity index (χ2n) is 4.35. The lowest BCUT2D eigenvalue weighted by Crippen LogP contribution is -2.28. The Bertz CT molecular complexity index is 803. The fourth-order valence-electron chi connectivity index (χ4n) is 1.58. The number of nitrogens with one attached hydrogen (secondary N) is 1. The maximum atomic E-state index is 11.9. The second-order valence-corrected chi connectivity index (χ2v) is 8.85. The summed E-state index contributed by atoms with van der Waals surface area (Å²) in [6, 6.07) is 7.11. The second kappa shape index (κ2) is 7.23. The Morgan fingerprint density at radius 1 is 1.27 bits per heavy atom. The molecule has 0 unspecified atom stereocenters. The number of rotatable bonds is 5. The quantitative estimate of drug-likeness (QED) is 0.775. The average Bonchev–Trinajstić information content (AvgIpc) is 2.87. The van der Waals surface area contributed by atoms with Crippen molar-refractivity contribution in [1.29, 1.82) is 0 Å². The minimum atomic E-state index is -3.58. The van der Waals surface area contributed by atoms with Crippen molar-refractivity contribution in [3.8, 4) is 0 Å². The van der Waals surface area contributed by atoms with Gasteiger partial charge in [0.2, 0.25) is 10.0 Å². The van der Waals surface area contributed by atoms with Crippen molar-refractivity contribution < 1.29 is 13.2 Å². The van der Waals surface area contributed by atoms with Gasteiger partial charge in [-0.3, -0.25) is 4.79 Å². The third kappa shape index (κ3) is 4.89. The highest BCUT2D eigenvalue weighted by atomic mass is 35.5. The zero-order valence-electron chi connectivity index (χ0n) is 11.3. The van der Waals surface area contributed by atoms with Crippen molar-refractivity contribution >= 4 is 62.2 Å². The third-order valence-electron chi connectivity index (χ3n) is 2.49. The fourth-order valence-corrected chi connectivity index (χ4v) is 4.39. The van der Waals surface area contributed by atoms with Gasteiger partial charge >= 0.3 is 0 Å². The van der Waals surface area contributed by atoms with Crippen molar-refractivity contribution in [2.75, 3.05) is 6.26 Å². The standard InChI is InChI=1S/C13H11Cl2NO3S3/c1-22(18,19)16-13(17)12-11(4-5-20-12)21-7-8-2-3-9(14)10(15)6-8/h2-6H,7H2,1H3,(H,16,17). The first-order valence-corrected chi connectivity index (χ1v) is 10.4. The van der Waals surface area contributed by atoms with Gasteiger partial charge in [0.25, 0.3) is 5.91 Å². The number of amides is 1. The predicted octanol–water partition coefficient (Wildman–Crippen LogP) is 4.04. The van der Waals surface area contributed by atoms with Gasteiger partial charge in [0.1, 0.15) is 4.88 Å². The number of carbonyl (C=O) groups excluding carboxylic acids is 1. The van der Waals surface area contributed by atoms with Crippen molar-refractivity contribution in [3.05, 3.63) is 50.1 Å². The van der Waals surface area contributed by atoms with Crippen LogP contribution in [-0.4, -0.2) is 20.6 Å². The van der Waals surface area contributed by atoms with Gasteiger partial charge in [-0.05, 0) is 29.1 Å². The van der Waals surface area contributed by atoms with E-state index in [0.717, 1.165) is 16.7 Å². The van der Waals surface area contributed by atoms with E-state index in [1.165, 1.54) is 23.1 Å². The Balaban J connectivity index is 2.10. The van der Waals surface area contributed by atoms with Gasteiger partial charge in [-0.25, -0.2) is 13.1 Å². The zero-order valence-corrected chi connectivity index (χ0v) is 15.3. The Hall–Kier alpha value is -0.730. The number of thiophene rings is 1. The Morgan fingerprint density at radius 2 is 2.00 bits per heavy atom. The SMILES string of the molecule is CS(=O)(=O)NC(=O)c1sccc1SCc1ccc(Cl)c(Cl)c1. The molecule has 0 aliphatic rings. The molecule has 0 spiro atoms. The first kappa shape index (κ1) is 17.6. The van der Waals surface area contributed by atoms with Gasteiger partial charge < -0.3 is 0 Å². The molecule has 1 aromatic carbocycles. The molecule has 0 bridgehead atoms. The molecular weight excluding hydrogens is 385 g/mol. The number of hydrogen-bond acceptors (Lipinski definition) is 5. The van der Waals surface area contributed by atoms with E-state index in [0.29, 0.717) is 20.7 Å². The average molecular weight is 396 g/mol. The van der Waals surface area contributed by atoms with Gasteiger partial charge in [-0.15, -0.1) is 23.1 Å². The van der Waals surface area contributed by atoms with Crippen molar-refractivity contribution in [2.24, 2.45) is 0 Å². The largest absolute Gasteiger partial charge is 0.275 e. The van der Waals surface area contributed by atoms with Crippen LogP contribution in [0.3, 0.4) is 0 Å². The molecule has 0 atom stereocenters. The highest BCUT2D eigenvalue weighted by molar-refractivity contribution is 7.98. The highest BCUT2D eigenvalue weighted by Gasteiger charge is 2.17. The topological polar surface area (TPSA) is 63.2 Å². The maximum absolute atomic E-state index is 11.9. The van der Waals surface area contributed by atoms with Crippen molar-refractivity contribution in [3.63, 3.8) is 0 Å². The number of sulfonamides is 1. The number of thioether (sulfide) groups is 1. The summed E-state index contributed by atoms with van der Waals surface area (Å²) in [5, 5.41) is 2.70. The van der Waals surface area contributed by atoms with E-state index in [1.54, 1.807) is 23.6 Å². The third-order valence-corrected chi connectivity index (χ3v) is 5.96. The summed E-state index contributed by atoms with van der Waals surface area (Å²) >= 11 is 14.4. The van der Waals surface area contributed by atoms with Crippen molar-refractivity contribution in [1.82, 2.24) is 4.72 Å². The molecule has 4 nitrogen and oxygen atoms in total. The van der Waals surface area contributed by atoms with Crippen LogP contribution in [-0.2, 0) is 15.8 Å². The molecule has 22 heavy (non-hydrogen) atoms. The van der Waals surface area contributed by atoms with Gasteiger partial charge in [-0.2, -0.15) is 0 Å². The molecule has 0 fully saturated rings. The molecular formula is C13H11Cl2NO3S3. The molecule has 1 amide bonds. The molecule has 1 aromatic heterocycles. The first-order chi connectivity index (χ1) is 10.3. The summed E-state index contributed by atoms with van der Waals surface area (Å²) in [6.07, 6.45) is 0.945. The number of carbonyl (C=O) groups is 1. The van der Waals surface area contributed by atoms with Crippen molar-refractivity contribution in [2.45, 2.75) is 10.6 Å². The normalized spacial score (nSPS) is 11.4. The summed E-state index contributed by atoms with van der Waals surface area (Å²) in [5.74, 6) is -0.0265. The zero-order chi connectivity index (χ0) is 16.3. The van der Waals surface area contributed by atoms with E-state index in [4.69, 9.17) is 23.2 Å². The van der Waals surface area contributed by atoms with E-state index in [-0.39, 0.29) is 0 Å². The minimum Gasteiger partial charge on any atom is -0.267 e. The van der Waals surface area contributed by atoms with Crippen LogP contribution in [0.15, 0.2) is 34.5 Å². The monoisotopic (exact) mass is 395 g/mol. The van der Waals surface area contributed by atoms with Gasteiger partial charge in [-0.1, -0.05) is 29.3 Å². The lowest BCUT2D eigenvalue weighted by Gasteiger charge is -2.05. The molecule has 0 radical (unpaired) electrons. The molecule has 0 aliphatic heterocycles. The Morgan fingerprint density at radius 3 is 2.64 bits per heavy atom. The summed E-state index contributed by atoms with van der Waals surface area (Å²) in [7, 11) is -3.58. The number of hydrogen-bond donors (Lipinski definition) is 1. The van der Waals surface area contributed by atoms with Crippen LogP contribution in [0.2, 0.25) is 10.0 Å². The van der Waals surface area contributed by atoms with Crippen LogP contribution >= 0.6 is 46.3 Å². The lowest BCUT2D eigenvalue weighted by atomic mass is 10.2. The first-order valence-electron chi connectivity index (χ1n) is 5.92. The Kier molecular flexibility index (Phi) is 5.79. The summed E-state index contributed by atoms with van der Waals surface area (Å²) in [4.78, 5) is 13.0. The molecule has 9 heteroatoms. The predicted molar refractivity (Wildman–Crippen MR) is 92.7 cm³/mol. The summed E-state index contributed by atoms with van der Waals surface area (Å²) < 4.78 is 24.2. The lowest BCUT2D eigenvalue weighted by molar-refractivity contribution is 0.0983. The number of benzene rings is 1. The van der Waals surface area contributed by atoms with Crippen LogP contribution in [0.25, 0.3) is 0 Å². The number of halogens is 2. The van der Waals surface area contributed by atoms with E-state index >= 15 is 0 Å². The van der Waals surface area contributed by atoms with Crippen LogP contribution in [0.5, 0.6) is 0 Å². The molecule has 1 N–H and O–H groups in total. The van der Waals surface area contributed by atoms with Gasteiger partial charge in [0.05, 0.1) is 16.3 Å². The van der Waals surface area contributed by atoms with E-state index in [2.05, 4.69) is 0 Å². The molecule has 118 valence electrons. The maximum Gasteiger partial charge on any atom is 0.275 e. The highest BCUT2D eigenvalue weighted by Crippen LogP contribution is 2.32. The summed E-state index contributed by atoms with van der Waals surface area (Å²) in [6.45, 7) is 0. The van der Waals surface area contributed by atoms with E-state index < -0.39 is 15.9 Å².